The standard InChI is InChI=1S/C9H19NO/c1-3-10-7-6-9-5-4-8(2)11-9/h8-10H,3-7H2,1-2H3. The summed E-state index contributed by atoms with van der Waals surface area (Å²) in [4.78, 5) is 0. The average Bonchev–Trinajstić information content (AvgIpc) is 2.37. The Morgan fingerprint density at radius 1 is 1.45 bits per heavy atom. The summed E-state index contributed by atoms with van der Waals surface area (Å²) in [5, 5.41) is 3.31. The molecule has 66 valence electrons. The molecule has 1 N–H and O–H groups in total. The first-order valence-corrected chi connectivity index (χ1v) is 4.69. The van der Waals surface area contributed by atoms with Gasteiger partial charge in [-0.15, -0.1) is 0 Å². The van der Waals surface area contributed by atoms with Crippen molar-refractivity contribution in [1.29, 1.82) is 0 Å². The first-order chi connectivity index (χ1) is 5.33. The number of ether oxygens (including phenoxy) is 1. The first-order valence-electron chi connectivity index (χ1n) is 4.69. The van der Waals surface area contributed by atoms with Crippen LogP contribution in [0.2, 0.25) is 0 Å². The Balaban J connectivity index is 1.99. The summed E-state index contributed by atoms with van der Waals surface area (Å²) >= 11 is 0. The third-order valence-electron chi connectivity index (χ3n) is 2.21. The van der Waals surface area contributed by atoms with E-state index in [2.05, 4.69) is 19.2 Å². The van der Waals surface area contributed by atoms with Crippen LogP contribution >= 0.6 is 0 Å². The van der Waals surface area contributed by atoms with Crippen LogP contribution in [0.15, 0.2) is 0 Å². The van der Waals surface area contributed by atoms with E-state index in [0.717, 1.165) is 13.1 Å². The predicted octanol–water partition coefficient (Wildman–Crippen LogP) is 1.55. The number of hydrogen-bond acceptors (Lipinski definition) is 2. The number of rotatable bonds is 4. The van der Waals surface area contributed by atoms with Crippen LogP contribution in [-0.4, -0.2) is 25.3 Å². The average molecular weight is 157 g/mol. The van der Waals surface area contributed by atoms with Gasteiger partial charge in [0.15, 0.2) is 0 Å². The molecule has 1 fully saturated rings. The highest BCUT2D eigenvalue weighted by molar-refractivity contribution is 4.70. The summed E-state index contributed by atoms with van der Waals surface area (Å²) < 4.78 is 5.67. The molecule has 0 aromatic heterocycles. The third kappa shape index (κ3) is 3.21. The highest BCUT2D eigenvalue weighted by atomic mass is 16.5. The van der Waals surface area contributed by atoms with E-state index in [1.54, 1.807) is 0 Å². The Morgan fingerprint density at radius 3 is 2.82 bits per heavy atom. The van der Waals surface area contributed by atoms with E-state index >= 15 is 0 Å². The predicted molar refractivity (Wildman–Crippen MR) is 46.7 cm³/mol. The molecule has 11 heavy (non-hydrogen) atoms. The molecule has 0 bridgehead atoms. The van der Waals surface area contributed by atoms with Crippen molar-refractivity contribution in [3.8, 4) is 0 Å². The fourth-order valence-corrected chi connectivity index (χ4v) is 1.54. The van der Waals surface area contributed by atoms with Crippen molar-refractivity contribution in [2.75, 3.05) is 13.1 Å². The summed E-state index contributed by atoms with van der Waals surface area (Å²) in [6.07, 6.45) is 4.72. The summed E-state index contributed by atoms with van der Waals surface area (Å²) in [5.74, 6) is 0. The zero-order valence-electron chi connectivity index (χ0n) is 7.60. The molecule has 0 saturated carbocycles. The normalized spacial score (nSPS) is 31.1. The van der Waals surface area contributed by atoms with Gasteiger partial charge in [0, 0.05) is 0 Å². The Labute approximate surface area is 69.3 Å². The van der Waals surface area contributed by atoms with E-state index in [9.17, 15) is 0 Å². The minimum absolute atomic E-state index is 0.502. The zero-order chi connectivity index (χ0) is 8.10. The molecule has 0 aromatic carbocycles. The van der Waals surface area contributed by atoms with E-state index in [1.165, 1.54) is 19.3 Å². The van der Waals surface area contributed by atoms with Gasteiger partial charge in [0.05, 0.1) is 12.2 Å². The van der Waals surface area contributed by atoms with E-state index in [0.29, 0.717) is 12.2 Å². The second kappa shape index (κ2) is 4.73. The molecule has 0 amide bonds. The van der Waals surface area contributed by atoms with E-state index < -0.39 is 0 Å². The molecule has 1 aliphatic rings. The number of hydrogen-bond donors (Lipinski definition) is 1. The van der Waals surface area contributed by atoms with Gasteiger partial charge in [0.1, 0.15) is 0 Å². The third-order valence-corrected chi connectivity index (χ3v) is 2.21. The van der Waals surface area contributed by atoms with Crippen LogP contribution in [0, 0.1) is 0 Å². The molecular formula is C9H19NO. The van der Waals surface area contributed by atoms with Gasteiger partial charge in [-0.25, -0.2) is 0 Å². The van der Waals surface area contributed by atoms with Crippen molar-refractivity contribution in [3.05, 3.63) is 0 Å². The van der Waals surface area contributed by atoms with Crippen molar-refractivity contribution < 1.29 is 4.74 Å². The van der Waals surface area contributed by atoms with Gasteiger partial charge in [0.2, 0.25) is 0 Å². The highest BCUT2D eigenvalue weighted by Gasteiger charge is 2.20. The van der Waals surface area contributed by atoms with Crippen LogP contribution in [0.5, 0.6) is 0 Å². The van der Waals surface area contributed by atoms with Crippen LogP contribution < -0.4 is 5.32 Å². The SMILES string of the molecule is CCNCCC1CCC(C)O1. The van der Waals surface area contributed by atoms with Gasteiger partial charge in [0.25, 0.3) is 0 Å². The largest absolute Gasteiger partial charge is 0.375 e. The van der Waals surface area contributed by atoms with Crippen LogP contribution in [0.1, 0.15) is 33.1 Å². The zero-order valence-corrected chi connectivity index (χ0v) is 7.60. The van der Waals surface area contributed by atoms with Crippen molar-refractivity contribution >= 4 is 0 Å². The first kappa shape index (κ1) is 9.01. The van der Waals surface area contributed by atoms with Gasteiger partial charge in [-0.1, -0.05) is 6.92 Å². The van der Waals surface area contributed by atoms with Gasteiger partial charge in [-0.2, -0.15) is 0 Å². The monoisotopic (exact) mass is 157 g/mol. The maximum absolute atomic E-state index is 5.67. The Hall–Kier alpha value is -0.0800. The lowest BCUT2D eigenvalue weighted by molar-refractivity contribution is 0.0513. The lowest BCUT2D eigenvalue weighted by Crippen LogP contribution is -2.20. The lowest BCUT2D eigenvalue weighted by atomic mass is 10.1. The van der Waals surface area contributed by atoms with Gasteiger partial charge < -0.3 is 10.1 Å². The second-order valence-corrected chi connectivity index (χ2v) is 3.29. The summed E-state index contributed by atoms with van der Waals surface area (Å²) in [6.45, 7) is 6.47. The Bertz CT molecular complexity index is 106. The molecule has 2 heteroatoms. The van der Waals surface area contributed by atoms with E-state index in [1.807, 2.05) is 0 Å². The van der Waals surface area contributed by atoms with Gasteiger partial charge in [-0.05, 0) is 39.3 Å². The van der Waals surface area contributed by atoms with Crippen LogP contribution in [0.25, 0.3) is 0 Å². The molecular weight excluding hydrogens is 138 g/mol. The summed E-state index contributed by atoms with van der Waals surface area (Å²) in [5.41, 5.74) is 0. The molecule has 2 nitrogen and oxygen atoms in total. The van der Waals surface area contributed by atoms with Crippen molar-refractivity contribution in [1.82, 2.24) is 5.32 Å². The minimum atomic E-state index is 0.502. The van der Waals surface area contributed by atoms with Gasteiger partial charge >= 0.3 is 0 Å². The van der Waals surface area contributed by atoms with Crippen LogP contribution in [0.4, 0.5) is 0 Å². The Morgan fingerprint density at radius 2 is 2.27 bits per heavy atom. The number of nitrogens with one attached hydrogen (secondary N) is 1. The van der Waals surface area contributed by atoms with Crippen molar-refractivity contribution in [3.63, 3.8) is 0 Å². The van der Waals surface area contributed by atoms with Crippen molar-refractivity contribution in [2.45, 2.75) is 45.3 Å². The molecule has 0 aliphatic carbocycles. The lowest BCUT2D eigenvalue weighted by Gasteiger charge is -2.10. The molecule has 2 atom stereocenters. The topological polar surface area (TPSA) is 21.3 Å². The summed E-state index contributed by atoms with van der Waals surface area (Å²) in [7, 11) is 0. The summed E-state index contributed by atoms with van der Waals surface area (Å²) in [6, 6.07) is 0. The van der Waals surface area contributed by atoms with Crippen LogP contribution in [-0.2, 0) is 4.74 Å². The fraction of sp³-hybridized carbons (Fsp3) is 1.00. The molecule has 1 saturated heterocycles. The van der Waals surface area contributed by atoms with Gasteiger partial charge in [-0.3, -0.25) is 0 Å². The smallest absolute Gasteiger partial charge is 0.0591 e. The molecule has 0 radical (unpaired) electrons. The van der Waals surface area contributed by atoms with Crippen molar-refractivity contribution in [2.24, 2.45) is 0 Å². The molecule has 0 spiro atoms. The van der Waals surface area contributed by atoms with Crippen LogP contribution in [0.3, 0.4) is 0 Å². The highest BCUT2D eigenvalue weighted by Crippen LogP contribution is 2.20. The second-order valence-electron chi connectivity index (χ2n) is 3.29. The molecule has 2 unspecified atom stereocenters. The maximum Gasteiger partial charge on any atom is 0.0591 e. The molecule has 1 aliphatic heterocycles. The van der Waals surface area contributed by atoms with E-state index in [4.69, 9.17) is 4.74 Å². The van der Waals surface area contributed by atoms with E-state index in [-0.39, 0.29) is 0 Å². The minimum Gasteiger partial charge on any atom is -0.375 e. The molecule has 1 heterocycles. The Kier molecular flexibility index (Phi) is 3.87. The quantitative estimate of drug-likeness (QED) is 0.625. The molecule has 1 rings (SSSR count). The maximum atomic E-state index is 5.67. The fourth-order valence-electron chi connectivity index (χ4n) is 1.54. The molecule has 0 aromatic rings.